The average molecular weight is 333 g/mol. The van der Waals surface area contributed by atoms with Gasteiger partial charge in [-0.05, 0) is 42.9 Å². The lowest BCUT2D eigenvalue weighted by atomic mass is 9.72. The summed E-state index contributed by atoms with van der Waals surface area (Å²) < 4.78 is 23.4. The monoisotopic (exact) mass is 332 g/mol. The van der Waals surface area contributed by atoms with Gasteiger partial charge in [-0.15, -0.1) is 0 Å². The van der Waals surface area contributed by atoms with Crippen LogP contribution < -0.4 is 0 Å². The van der Waals surface area contributed by atoms with Crippen molar-refractivity contribution in [3.05, 3.63) is 34.3 Å². The molecule has 1 unspecified atom stereocenters. The van der Waals surface area contributed by atoms with Crippen LogP contribution in [0, 0.1) is 18.3 Å². The molecule has 0 radical (unpaired) electrons. The topological polar surface area (TPSA) is 74.6 Å². The molecule has 118 valence electrons. The molecule has 1 aromatic carbocycles. The summed E-state index contributed by atoms with van der Waals surface area (Å²) in [5.41, 5.74) is 1.02. The summed E-state index contributed by atoms with van der Waals surface area (Å²) in [7, 11) is -3.06. The quantitative estimate of drug-likeness (QED) is 0.858. The van der Waals surface area contributed by atoms with E-state index in [1.54, 1.807) is 0 Å². The van der Waals surface area contributed by atoms with E-state index < -0.39 is 15.3 Å². The predicted octanol–water partition coefficient (Wildman–Crippen LogP) is 1.60. The molecule has 1 atom stereocenters. The molecule has 1 aliphatic heterocycles. The second-order valence-corrected chi connectivity index (χ2v) is 8.69. The number of aliphatic hydroxyl groups is 2. The molecule has 1 fully saturated rings. The molecule has 0 aliphatic carbocycles. The molecule has 2 rings (SSSR count). The van der Waals surface area contributed by atoms with E-state index in [4.69, 9.17) is 11.6 Å². The van der Waals surface area contributed by atoms with E-state index in [9.17, 15) is 18.6 Å². The Morgan fingerprint density at radius 3 is 2.48 bits per heavy atom. The van der Waals surface area contributed by atoms with Gasteiger partial charge in [-0.1, -0.05) is 23.7 Å². The molecular weight excluding hydrogens is 312 g/mol. The summed E-state index contributed by atoms with van der Waals surface area (Å²) >= 11 is 6.23. The molecular formula is C15H21ClO4S. The summed E-state index contributed by atoms with van der Waals surface area (Å²) in [4.78, 5) is 0. The van der Waals surface area contributed by atoms with Crippen LogP contribution in [-0.2, 0) is 16.3 Å². The molecule has 0 spiro atoms. The molecule has 1 heterocycles. The fourth-order valence-corrected chi connectivity index (χ4v) is 5.26. The zero-order valence-electron chi connectivity index (χ0n) is 12.0. The number of hydrogen-bond donors (Lipinski definition) is 2. The molecule has 1 aliphatic rings. The third-order valence-corrected chi connectivity index (χ3v) is 6.60. The highest BCUT2D eigenvalue weighted by atomic mass is 35.5. The molecule has 0 amide bonds. The van der Waals surface area contributed by atoms with E-state index in [0.29, 0.717) is 17.9 Å². The van der Waals surface area contributed by atoms with Crippen molar-refractivity contribution in [2.75, 3.05) is 24.7 Å². The SMILES string of the molecule is Cc1ccc(CC(CO)(CO)C2CCS(=O)(=O)C2)c(Cl)c1. The highest BCUT2D eigenvalue weighted by molar-refractivity contribution is 7.91. The van der Waals surface area contributed by atoms with Gasteiger partial charge in [0.05, 0.1) is 24.7 Å². The Balaban J connectivity index is 2.30. The van der Waals surface area contributed by atoms with Crippen LogP contribution in [0.15, 0.2) is 18.2 Å². The van der Waals surface area contributed by atoms with E-state index in [1.807, 2.05) is 25.1 Å². The highest BCUT2D eigenvalue weighted by Crippen LogP contribution is 2.39. The third-order valence-electron chi connectivity index (χ3n) is 4.48. The van der Waals surface area contributed by atoms with Crippen LogP contribution in [0.25, 0.3) is 0 Å². The van der Waals surface area contributed by atoms with Crippen molar-refractivity contribution in [3.63, 3.8) is 0 Å². The molecule has 2 N–H and O–H groups in total. The standard InChI is InChI=1S/C15H21ClO4S/c1-11-2-3-12(14(16)6-11)7-15(9-17,10-18)13-4-5-21(19,20)8-13/h2-3,6,13,17-18H,4-5,7-10H2,1H3. The van der Waals surface area contributed by atoms with Crippen LogP contribution in [0.4, 0.5) is 0 Å². The zero-order valence-corrected chi connectivity index (χ0v) is 13.6. The first-order valence-electron chi connectivity index (χ1n) is 6.99. The minimum absolute atomic E-state index is 0.0254. The van der Waals surface area contributed by atoms with Crippen LogP contribution in [0.3, 0.4) is 0 Å². The lowest BCUT2D eigenvalue weighted by Gasteiger charge is -2.35. The Labute approximate surface area is 130 Å². The van der Waals surface area contributed by atoms with Crippen LogP contribution in [-0.4, -0.2) is 43.4 Å². The maximum absolute atomic E-state index is 11.7. The van der Waals surface area contributed by atoms with Gasteiger partial charge in [-0.3, -0.25) is 0 Å². The fourth-order valence-electron chi connectivity index (χ4n) is 3.02. The molecule has 6 heteroatoms. The summed E-state index contributed by atoms with van der Waals surface area (Å²) in [5, 5.41) is 20.2. The number of rotatable bonds is 5. The first-order chi connectivity index (χ1) is 9.82. The fraction of sp³-hybridized carbons (Fsp3) is 0.600. The molecule has 0 bridgehead atoms. The Bertz CT molecular complexity index is 608. The summed E-state index contributed by atoms with van der Waals surface area (Å²) in [6.45, 7) is 1.42. The van der Waals surface area contributed by atoms with Gasteiger partial charge in [0.2, 0.25) is 0 Å². The molecule has 0 aromatic heterocycles. The van der Waals surface area contributed by atoms with Gasteiger partial charge >= 0.3 is 0 Å². The number of hydrogen-bond acceptors (Lipinski definition) is 4. The molecule has 1 saturated heterocycles. The number of aryl methyl sites for hydroxylation is 1. The van der Waals surface area contributed by atoms with Crippen molar-refractivity contribution >= 4 is 21.4 Å². The molecule has 21 heavy (non-hydrogen) atoms. The lowest BCUT2D eigenvalue weighted by Crippen LogP contribution is -2.41. The van der Waals surface area contributed by atoms with Gasteiger partial charge in [0.25, 0.3) is 0 Å². The zero-order chi connectivity index (χ0) is 15.7. The van der Waals surface area contributed by atoms with E-state index in [0.717, 1.165) is 11.1 Å². The largest absolute Gasteiger partial charge is 0.396 e. The second-order valence-electron chi connectivity index (χ2n) is 6.05. The molecule has 1 aromatic rings. The maximum Gasteiger partial charge on any atom is 0.150 e. The van der Waals surface area contributed by atoms with Crippen LogP contribution in [0.2, 0.25) is 5.02 Å². The highest BCUT2D eigenvalue weighted by Gasteiger charge is 2.44. The van der Waals surface area contributed by atoms with Crippen molar-refractivity contribution < 1.29 is 18.6 Å². The minimum Gasteiger partial charge on any atom is -0.396 e. The van der Waals surface area contributed by atoms with E-state index in [2.05, 4.69) is 0 Å². The minimum atomic E-state index is -3.06. The van der Waals surface area contributed by atoms with Gasteiger partial charge in [-0.25, -0.2) is 8.42 Å². The van der Waals surface area contributed by atoms with Crippen molar-refractivity contribution in [1.29, 1.82) is 0 Å². The second kappa shape index (κ2) is 6.24. The molecule has 4 nitrogen and oxygen atoms in total. The Kier molecular flexibility index (Phi) is 4.98. The first-order valence-corrected chi connectivity index (χ1v) is 9.19. The number of benzene rings is 1. The average Bonchev–Trinajstić information content (AvgIpc) is 2.79. The first kappa shape index (κ1) is 16.7. The summed E-state index contributed by atoms with van der Waals surface area (Å²) in [6, 6.07) is 5.63. The van der Waals surface area contributed by atoms with E-state index >= 15 is 0 Å². The van der Waals surface area contributed by atoms with Crippen molar-refractivity contribution in [1.82, 2.24) is 0 Å². The third kappa shape index (κ3) is 3.59. The van der Waals surface area contributed by atoms with Gasteiger partial charge in [0.1, 0.15) is 0 Å². The van der Waals surface area contributed by atoms with Crippen molar-refractivity contribution in [2.24, 2.45) is 11.3 Å². The lowest BCUT2D eigenvalue weighted by molar-refractivity contribution is 0.0124. The number of aliphatic hydroxyl groups excluding tert-OH is 2. The van der Waals surface area contributed by atoms with Crippen LogP contribution >= 0.6 is 11.6 Å². The maximum atomic E-state index is 11.7. The van der Waals surface area contributed by atoms with E-state index in [1.165, 1.54) is 0 Å². The van der Waals surface area contributed by atoms with Crippen molar-refractivity contribution in [2.45, 2.75) is 19.8 Å². The molecule has 0 saturated carbocycles. The predicted molar refractivity (Wildman–Crippen MR) is 83.3 cm³/mol. The summed E-state index contributed by atoms with van der Waals surface area (Å²) in [6.07, 6.45) is 0.853. The Morgan fingerprint density at radius 1 is 1.33 bits per heavy atom. The van der Waals surface area contributed by atoms with Crippen LogP contribution in [0.5, 0.6) is 0 Å². The summed E-state index contributed by atoms with van der Waals surface area (Å²) in [5.74, 6) is -0.0894. The van der Waals surface area contributed by atoms with Gasteiger partial charge < -0.3 is 10.2 Å². The van der Waals surface area contributed by atoms with Gasteiger partial charge in [-0.2, -0.15) is 0 Å². The Morgan fingerprint density at radius 2 is 2.00 bits per heavy atom. The van der Waals surface area contributed by atoms with Gasteiger partial charge in [0.15, 0.2) is 9.84 Å². The van der Waals surface area contributed by atoms with Gasteiger partial charge in [0, 0.05) is 10.4 Å². The number of halogens is 1. The number of sulfone groups is 1. The Hall–Kier alpha value is -0.620. The smallest absolute Gasteiger partial charge is 0.150 e. The van der Waals surface area contributed by atoms with E-state index in [-0.39, 0.29) is 30.6 Å². The normalized spacial score (nSPS) is 21.6. The van der Waals surface area contributed by atoms with Crippen LogP contribution in [0.1, 0.15) is 17.5 Å². The van der Waals surface area contributed by atoms with Crippen molar-refractivity contribution in [3.8, 4) is 0 Å².